The van der Waals surface area contributed by atoms with Crippen LogP contribution < -0.4 is 15.9 Å². The van der Waals surface area contributed by atoms with Gasteiger partial charge in [-0.3, -0.25) is 9.59 Å². The predicted octanol–water partition coefficient (Wildman–Crippen LogP) is 5.86. The van der Waals surface area contributed by atoms with Gasteiger partial charge in [0.15, 0.2) is 16.9 Å². The molecule has 2 aromatic carbocycles. The predicted molar refractivity (Wildman–Crippen MR) is 141 cm³/mol. The van der Waals surface area contributed by atoms with Crippen LogP contribution in [0.2, 0.25) is 5.15 Å². The maximum Gasteiger partial charge on any atom is 0.271 e. The van der Waals surface area contributed by atoms with Crippen LogP contribution in [0.4, 0.5) is 0 Å². The molecule has 0 unspecified atom stereocenters. The fourth-order valence-corrected chi connectivity index (χ4v) is 4.66. The largest absolute Gasteiger partial charge is 0.483 e. The third-order valence-corrected chi connectivity index (χ3v) is 6.44. The van der Waals surface area contributed by atoms with E-state index in [0.29, 0.717) is 27.9 Å². The number of amides is 1. The minimum absolute atomic E-state index is 0.0690. The number of nitrogens with zero attached hydrogens (tertiary/aromatic N) is 2. The van der Waals surface area contributed by atoms with E-state index < -0.39 is 12.0 Å². The van der Waals surface area contributed by atoms with E-state index in [9.17, 15) is 9.59 Å². The van der Waals surface area contributed by atoms with Crippen molar-refractivity contribution in [3.8, 4) is 17.1 Å². The highest BCUT2D eigenvalue weighted by Gasteiger charge is 2.22. The van der Waals surface area contributed by atoms with Crippen molar-refractivity contribution in [1.29, 1.82) is 0 Å². The lowest BCUT2D eigenvalue weighted by molar-refractivity contribution is 0.0988. The van der Waals surface area contributed by atoms with E-state index in [2.05, 4.69) is 4.98 Å². The molecule has 0 aliphatic heterocycles. The Kier molecular flexibility index (Phi) is 5.80. The number of pyridine rings is 1. The number of rotatable bonds is 5. The zero-order valence-electron chi connectivity index (χ0n) is 20.3. The molecule has 0 spiro atoms. The number of carbonyl (C=O) groups is 1. The Morgan fingerprint density at radius 3 is 2.61 bits per heavy atom. The molecule has 1 amide bonds. The maximum absolute atomic E-state index is 13.5. The van der Waals surface area contributed by atoms with Gasteiger partial charge in [0.2, 0.25) is 0 Å². The van der Waals surface area contributed by atoms with E-state index in [1.807, 2.05) is 68.2 Å². The van der Waals surface area contributed by atoms with Crippen molar-refractivity contribution < 1.29 is 13.9 Å². The second-order valence-corrected chi connectivity index (χ2v) is 9.38. The van der Waals surface area contributed by atoms with E-state index in [0.717, 1.165) is 21.9 Å². The van der Waals surface area contributed by atoms with Gasteiger partial charge in [-0.2, -0.15) is 0 Å². The highest BCUT2D eigenvalue weighted by Crippen LogP contribution is 2.34. The van der Waals surface area contributed by atoms with Gasteiger partial charge in [0.05, 0.1) is 5.39 Å². The smallest absolute Gasteiger partial charge is 0.271 e. The van der Waals surface area contributed by atoms with Crippen molar-refractivity contribution in [2.24, 2.45) is 12.8 Å². The molecule has 36 heavy (non-hydrogen) atoms. The quantitative estimate of drug-likeness (QED) is 0.304. The SMILES string of the molecule is Cc1cc([C@@H](C)Oc2ccc(Cl)nc2C(N)=O)c2oc(-c3ccc4cn(C)cc4c3)c(C)c(=O)c2c1. The van der Waals surface area contributed by atoms with Crippen LogP contribution in [0.3, 0.4) is 0 Å². The van der Waals surface area contributed by atoms with Crippen LogP contribution in [-0.2, 0) is 7.05 Å². The third-order valence-electron chi connectivity index (χ3n) is 6.23. The van der Waals surface area contributed by atoms with Crippen LogP contribution in [0, 0.1) is 13.8 Å². The summed E-state index contributed by atoms with van der Waals surface area (Å²) in [4.78, 5) is 29.4. The van der Waals surface area contributed by atoms with Gasteiger partial charge in [-0.25, -0.2) is 4.98 Å². The van der Waals surface area contributed by atoms with Gasteiger partial charge in [-0.05, 0) is 62.1 Å². The van der Waals surface area contributed by atoms with E-state index in [1.54, 1.807) is 13.0 Å². The summed E-state index contributed by atoms with van der Waals surface area (Å²) < 4.78 is 14.5. The zero-order valence-corrected chi connectivity index (χ0v) is 21.0. The molecule has 0 aliphatic rings. The monoisotopic (exact) mass is 501 g/mol. The standard InChI is InChI=1S/C28H24ClN3O4/c1-14-9-20(16(3)35-22-7-8-23(29)31-24(22)28(30)34)27-21(10-14)25(33)15(2)26(36-27)17-5-6-18-12-32(4)13-19(18)11-17/h5-13,16H,1-4H3,(H2,30,34)/t16-/m1/s1. The number of hydrogen-bond donors (Lipinski definition) is 1. The summed E-state index contributed by atoms with van der Waals surface area (Å²) in [5.74, 6) is -0.0608. The molecule has 2 N–H and O–H groups in total. The van der Waals surface area contributed by atoms with Gasteiger partial charge in [0.25, 0.3) is 5.91 Å². The second-order valence-electron chi connectivity index (χ2n) is 8.99. The Labute approximate surface area is 212 Å². The minimum Gasteiger partial charge on any atom is -0.483 e. The van der Waals surface area contributed by atoms with Crippen molar-refractivity contribution in [1.82, 2.24) is 9.55 Å². The zero-order chi connectivity index (χ0) is 25.7. The van der Waals surface area contributed by atoms with Gasteiger partial charge >= 0.3 is 0 Å². The van der Waals surface area contributed by atoms with E-state index in [-0.39, 0.29) is 22.0 Å². The molecule has 3 heterocycles. The molecule has 0 saturated carbocycles. The fraction of sp³-hybridized carbons (Fsp3) is 0.179. The van der Waals surface area contributed by atoms with Gasteiger partial charge in [-0.1, -0.05) is 23.7 Å². The average molecular weight is 502 g/mol. The lowest BCUT2D eigenvalue weighted by Gasteiger charge is -2.19. The molecule has 0 saturated heterocycles. The number of aromatic nitrogens is 2. The Morgan fingerprint density at radius 1 is 1.11 bits per heavy atom. The van der Waals surface area contributed by atoms with Crippen molar-refractivity contribution in [2.45, 2.75) is 26.9 Å². The first-order valence-electron chi connectivity index (χ1n) is 11.4. The minimum atomic E-state index is -0.755. The van der Waals surface area contributed by atoms with E-state index in [1.165, 1.54) is 6.07 Å². The fourth-order valence-electron chi connectivity index (χ4n) is 4.51. The van der Waals surface area contributed by atoms with Crippen molar-refractivity contribution in [3.63, 3.8) is 0 Å². The Morgan fingerprint density at radius 2 is 1.86 bits per heavy atom. The number of hydrogen-bond acceptors (Lipinski definition) is 5. The molecule has 8 heteroatoms. The Hall–Kier alpha value is -4.10. The van der Waals surface area contributed by atoms with E-state index >= 15 is 0 Å². The molecular formula is C28H24ClN3O4. The van der Waals surface area contributed by atoms with Crippen LogP contribution in [0.15, 0.2) is 64.1 Å². The molecule has 0 fully saturated rings. The molecule has 5 aromatic rings. The van der Waals surface area contributed by atoms with Crippen LogP contribution in [-0.4, -0.2) is 15.5 Å². The number of halogens is 1. The highest BCUT2D eigenvalue weighted by molar-refractivity contribution is 6.29. The second kappa shape index (κ2) is 8.84. The molecule has 5 rings (SSSR count). The third kappa shape index (κ3) is 4.12. The molecule has 3 aromatic heterocycles. The Balaban J connectivity index is 1.67. The average Bonchev–Trinajstić information content (AvgIpc) is 3.21. The molecule has 1 atom stereocenters. The van der Waals surface area contributed by atoms with Crippen molar-refractivity contribution >= 4 is 39.2 Å². The number of aryl methyl sites for hydroxylation is 2. The molecular weight excluding hydrogens is 478 g/mol. The van der Waals surface area contributed by atoms with Gasteiger partial charge in [0, 0.05) is 41.5 Å². The normalized spacial score (nSPS) is 12.2. The van der Waals surface area contributed by atoms with E-state index in [4.69, 9.17) is 26.5 Å². The molecule has 182 valence electrons. The summed E-state index contributed by atoms with van der Waals surface area (Å²) in [5.41, 5.74) is 8.60. The van der Waals surface area contributed by atoms with Crippen LogP contribution in [0.5, 0.6) is 5.75 Å². The lowest BCUT2D eigenvalue weighted by Crippen LogP contribution is -2.17. The topological polar surface area (TPSA) is 100 Å². The molecule has 0 bridgehead atoms. The number of benzene rings is 2. The number of ether oxygens (including phenoxy) is 1. The van der Waals surface area contributed by atoms with Crippen LogP contribution >= 0.6 is 11.6 Å². The Bertz CT molecular complexity index is 1740. The lowest BCUT2D eigenvalue weighted by atomic mass is 9.99. The number of fused-ring (bicyclic) bond motifs is 2. The first-order chi connectivity index (χ1) is 17.1. The first kappa shape index (κ1) is 23.6. The summed E-state index contributed by atoms with van der Waals surface area (Å²) in [5, 5.41) is 2.74. The van der Waals surface area contributed by atoms with Crippen molar-refractivity contribution in [3.05, 3.63) is 92.6 Å². The summed E-state index contributed by atoms with van der Waals surface area (Å²) in [6.45, 7) is 5.49. The number of carbonyl (C=O) groups excluding carboxylic acids is 1. The maximum atomic E-state index is 13.5. The molecule has 0 aliphatic carbocycles. The van der Waals surface area contributed by atoms with Gasteiger partial charge in [-0.15, -0.1) is 0 Å². The van der Waals surface area contributed by atoms with Crippen molar-refractivity contribution in [2.75, 3.05) is 0 Å². The van der Waals surface area contributed by atoms with Crippen LogP contribution in [0.1, 0.15) is 40.2 Å². The summed E-state index contributed by atoms with van der Waals surface area (Å²) in [7, 11) is 1.97. The summed E-state index contributed by atoms with van der Waals surface area (Å²) in [6.07, 6.45) is 3.46. The summed E-state index contributed by atoms with van der Waals surface area (Å²) in [6, 6.07) is 12.8. The number of primary amides is 1. The summed E-state index contributed by atoms with van der Waals surface area (Å²) >= 11 is 5.93. The molecule has 0 radical (unpaired) electrons. The highest BCUT2D eigenvalue weighted by atomic mass is 35.5. The van der Waals surface area contributed by atoms with Gasteiger partial charge in [0.1, 0.15) is 22.6 Å². The number of nitrogens with two attached hydrogens (primary N) is 1. The molecule has 7 nitrogen and oxygen atoms in total. The van der Waals surface area contributed by atoms with Gasteiger partial charge < -0.3 is 19.5 Å². The van der Waals surface area contributed by atoms with Crippen LogP contribution in [0.25, 0.3) is 33.1 Å². The first-order valence-corrected chi connectivity index (χ1v) is 11.8.